The number of aromatic nitrogens is 2. The van der Waals surface area contributed by atoms with Gasteiger partial charge < -0.3 is 10.1 Å². The van der Waals surface area contributed by atoms with Gasteiger partial charge in [0.05, 0.1) is 13.3 Å². The van der Waals surface area contributed by atoms with Gasteiger partial charge in [-0.25, -0.2) is 9.78 Å². The maximum absolute atomic E-state index is 11.4. The Bertz CT molecular complexity index is 389. The highest BCUT2D eigenvalue weighted by atomic mass is 16.5. The Morgan fingerprint density at radius 1 is 1.47 bits per heavy atom. The Balaban J connectivity index is 2.65. The highest BCUT2D eigenvalue weighted by Crippen LogP contribution is 1.94. The number of nitrogens with zero attached hydrogens (tertiary/aromatic N) is 2. The molecular formula is C9H9N3O3. The van der Waals surface area contributed by atoms with Crippen LogP contribution in [0.3, 0.4) is 0 Å². The van der Waals surface area contributed by atoms with Crippen molar-refractivity contribution in [1.29, 1.82) is 0 Å². The Labute approximate surface area is 86.0 Å². The summed E-state index contributed by atoms with van der Waals surface area (Å²) < 4.78 is 4.36. The number of nitrogens with one attached hydrogen (secondary N) is 1. The summed E-state index contributed by atoms with van der Waals surface area (Å²) in [4.78, 5) is 29.8. The molecule has 1 amide bonds. The second kappa shape index (κ2) is 4.85. The second-order valence-corrected chi connectivity index (χ2v) is 2.51. The fraction of sp³-hybridized carbons (Fsp3) is 0.111. The molecule has 0 aliphatic heterocycles. The normalized spacial score (nSPS) is 9.13. The van der Waals surface area contributed by atoms with Crippen LogP contribution in [0.4, 0.5) is 0 Å². The number of hydrogen-bond donors (Lipinski definition) is 1. The van der Waals surface area contributed by atoms with E-state index in [4.69, 9.17) is 0 Å². The summed E-state index contributed by atoms with van der Waals surface area (Å²) >= 11 is 0. The first-order chi connectivity index (χ1) is 7.15. The molecule has 0 aliphatic carbocycles. The van der Waals surface area contributed by atoms with Gasteiger partial charge in [0.25, 0.3) is 5.91 Å². The van der Waals surface area contributed by atoms with Gasteiger partial charge in [0, 0.05) is 12.4 Å². The van der Waals surface area contributed by atoms with E-state index in [1.165, 1.54) is 25.7 Å². The van der Waals surface area contributed by atoms with E-state index in [1.807, 2.05) is 0 Å². The molecule has 0 bridgehead atoms. The minimum atomic E-state index is -0.702. The first-order valence-corrected chi connectivity index (χ1v) is 3.99. The van der Waals surface area contributed by atoms with Crippen molar-refractivity contribution < 1.29 is 14.3 Å². The van der Waals surface area contributed by atoms with E-state index < -0.39 is 11.9 Å². The summed E-state index contributed by atoms with van der Waals surface area (Å²) in [6.45, 7) is 3.34. The fourth-order valence-electron chi connectivity index (χ4n) is 0.792. The monoisotopic (exact) mass is 207 g/mol. The Hall–Kier alpha value is -2.24. The number of carbonyl (C=O) groups is 2. The van der Waals surface area contributed by atoms with Gasteiger partial charge in [-0.1, -0.05) is 6.58 Å². The maximum atomic E-state index is 11.4. The molecule has 0 saturated carbocycles. The molecule has 0 unspecified atom stereocenters. The lowest BCUT2D eigenvalue weighted by atomic mass is 10.4. The van der Waals surface area contributed by atoms with Crippen molar-refractivity contribution in [2.45, 2.75) is 0 Å². The summed E-state index contributed by atoms with van der Waals surface area (Å²) in [5, 5.41) is 2.24. The minimum absolute atomic E-state index is 0.0996. The van der Waals surface area contributed by atoms with Gasteiger partial charge >= 0.3 is 5.97 Å². The van der Waals surface area contributed by atoms with Gasteiger partial charge in [0.2, 0.25) is 0 Å². The van der Waals surface area contributed by atoms with Crippen molar-refractivity contribution in [3.05, 3.63) is 36.6 Å². The SMILES string of the molecule is C=C(NC(=O)c1cnccn1)C(=O)OC. The van der Waals surface area contributed by atoms with Crippen LogP contribution in [0.15, 0.2) is 30.9 Å². The number of hydrogen-bond acceptors (Lipinski definition) is 5. The average molecular weight is 207 g/mol. The van der Waals surface area contributed by atoms with E-state index in [-0.39, 0.29) is 11.4 Å². The van der Waals surface area contributed by atoms with Crippen LogP contribution in [0, 0.1) is 0 Å². The van der Waals surface area contributed by atoms with E-state index >= 15 is 0 Å². The fourth-order valence-corrected chi connectivity index (χ4v) is 0.792. The van der Waals surface area contributed by atoms with Gasteiger partial charge in [-0.05, 0) is 0 Å². The van der Waals surface area contributed by atoms with Crippen molar-refractivity contribution in [3.63, 3.8) is 0 Å². The number of amides is 1. The third kappa shape index (κ3) is 2.87. The lowest BCUT2D eigenvalue weighted by Gasteiger charge is -2.04. The quantitative estimate of drug-likeness (QED) is 0.552. The first-order valence-electron chi connectivity index (χ1n) is 3.99. The summed E-state index contributed by atoms with van der Waals surface area (Å²) in [6, 6.07) is 0. The third-order valence-corrected chi connectivity index (χ3v) is 1.49. The standard InChI is InChI=1S/C9H9N3O3/c1-6(9(14)15-2)12-8(13)7-5-10-3-4-11-7/h3-5H,1H2,2H3,(H,12,13). The molecule has 0 aromatic carbocycles. The van der Waals surface area contributed by atoms with Crippen LogP contribution >= 0.6 is 0 Å². The van der Waals surface area contributed by atoms with Gasteiger partial charge in [0.1, 0.15) is 11.4 Å². The van der Waals surface area contributed by atoms with Crippen LogP contribution in [0.2, 0.25) is 0 Å². The van der Waals surface area contributed by atoms with Gasteiger partial charge in [-0.15, -0.1) is 0 Å². The average Bonchev–Trinajstić information content (AvgIpc) is 2.29. The van der Waals surface area contributed by atoms with Crippen LogP contribution in [-0.4, -0.2) is 29.0 Å². The van der Waals surface area contributed by atoms with Crippen LogP contribution < -0.4 is 5.32 Å². The summed E-state index contributed by atoms with van der Waals surface area (Å²) in [7, 11) is 1.20. The van der Waals surface area contributed by atoms with Crippen molar-refractivity contribution in [3.8, 4) is 0 Å². The van der Waals surface area contributed by atoms with Crippen molar-refractivity contribution in [2.75, 3.05) is 7.11 Å². The third-order valence-electron chi connectivity index (χ3n) is 1.49. The largest absolute Gasteiger partial charge is 0.464 e. The molecule has 1 N–H and O–H groups in total. The smallest absolute Gasteiger partial charge is 0.353 e. The molecular weight excluding hydrogens is 198 g/mol. The van der Waals surface area contributed by atoms with E-state index in [0.29, 0.717) is 0 Å². The number of carbonyl (C=O) groups excluding carboxylic acids is 2. The molecule has 0 saturated heterocycles. The number of methoxy groups -OCH3 is 1. The van der Waals surface area contributed by atoms with Crippen LogP contribution in [-0.2, 0) is 9.53 Å². The molecule has 0 radical (unpaired) electrons. The van der Waals surface area contributed by atoms with Crippen molar-refractivity contribution >= 4 is 11.9 Å². The highest BCUT2D eigenvalue weighted by molar-refractivity contribution is 5.99. The Morgan fingerprint density at radius 2 is 2.20 bits per heavy atom. The molecule has 0 atom stereocenters. The zero-order chi connectivity index (χ0) is 11.3. The zero-order valence-corrected chi connectivity index (χ0v) is 8.06. The lowest BCUT2D eigenvalue weighted by Crippen LogP contribution is -2.28. The lowest BCUT2D eigenvalue weighted by molar-refractivity contribution is -0.136. The molecule has 0 spiro atoms. The molecule has 1 rings (SSSR count). The van der Waals surface area contributed by atoms with Crippen molar-refractivity contribution in [1.82, 2.24) is 15.3 Å². The Kier molecular flexibility index (Phi) is 3.50. The van der Waals surface area contributed by atoms with E-state index in [0.717, 1.165) is 0 Å². The van der Waals surface area contributed by atoms with Gasteiger partial charge in [-0.2, -0.15) is 0 Å². The zero-order valence-electron chi connectivity index (χ0n) is 8.06. The van der Waals surface area contributed by atoms with Crippen LogP contribution in [0.25, 0.3) is 0 Å². The molecule has 0 fully saturated rings. The van der Waals surface area contributed by atoms with Gasteiger partial charge in [0.15, 0.2) is 0 Å². The number of ether oxygens (including phenoxy) is 1. The molecule has 15 heavy (non-hydrogen) atoms. The molecule has 6 nitrogen and oxygen atoms in total. The summed E-state index contributed by atoms with van der Waals surface area (Å²) in [6.07, 6.45) is 4.08. The summed E-state index contributed by atoms with van der Waals surface area (Å²) in [5.74, 6) is -1.26. The predicted molar refractivity (Wildman–Crippen MR) is 50.7 cm³/mol. The predicted octanol–water partition coefficient (Wildman–Crippen LogP) is -0.107. The van der Waals surface area contributed by atoms with Crippen LogP contribution in [0.5, 0.6) is 0 Å². The molecule has 78 valence electrons. The van der Waals surface area contributed by atoms with Gasteiger partial charge in [-0.3, -0.25) is 9.78 Å². The van der Waals surface area contributed by atoms with Crippen LogP contribution in [0.1, 0.15) is 10.5 Å². The molecule has 1 aromatic rings. The Morgan fingerprint density at radius 3 is 2.73 bits per heavy atom. The summed E-state index contributed by atoms with van der Waals surface area (Å²) in [5.41, 5.74) is -0.0456. The van der Waals surface area contributed by atoms with E-state index in [9.17, 15) is 9.59 Å². The second-order valence-electron chi connectivity index (χ2n) is 2.51. The number of esters is 1. The molecule has 1 heterocycles. The topological polar surface area (TPSA) is 81.2 Å². The van der Waals surface area contributed by atoms with E-state index in [2.05, 4.69) is 26.6 Å². The van der Waals surface area contributed by atoms with Crippen molar-refractivity contribution in [2.24, 2.45) is 0 Å². The molecule has 0 aliphatic rings. The number of rotatable bonds is 3. The van der Waals surface area contributed by atoms with E-state index in [1.54, 1.807) is 0 Å². The maximum Gasteiger partial charge on any atom is 0.353 e. The minimum Gasteiger partial charge on any atom is -0.464 e. The highest BCUT2D eigenvalue weighted by Gasteiger charge is 2.12. The molecule has 1 aromatic heterocycles. The molecule has 6 heteroatoms. The first kappa shape index (κ1) is 10.8.